The van der Waals surface area contributed by atoms with E-state index < -0.39 is 5.82 Å². The molecule has 0 aliphatic heterocycles. The van der Waals surface area contributed by atoms with Crippen molar-refractivity contribution >= 4 is 29.1 Å². The van der Waals surface area contributed by atoms with Crippen LogP contribution >= 0.6 is 0 Å². The van der Waals surface area contributed by atoms with E-state index in [2.05, 4.69) is 5.32 Å². The van der Waals surface area contributed by atoms with Crippen molar-refractivity contribution in [1.82, 2.24) is 0 Å². The van der Waals surface area contributed by atoms with Crippen LogP contribution in [0.5, 0.6) is 0 Å². The van der Waals surface area contributed by atoms with Crippen LogP contribution in [0.1, 0.15) is 34.3 Å². The van der Waals surface area contributed by atoms with Gasteiger partial charge in [0.05, 0.1) is 11.4 Å². The summed E-state index contributed by atoms with van der Waals surface area (Å²) < 4.78 is 13.2. The van der Waals surface area contributed by atoms with E-state index >= 15 is 0 Å². The van der Waals surface area contributed by atoms with Gasteiger partial charge in [-0.1, -0.05) is 42.5 Å². The van der Waals surface area contributed by atoms with E-state index in [4.69, 9.17) is 5.73 Å². The molecule has 1 atom stereocenters. The van der Waals surface area contributed by atoms with Gasteiger partial charge in [-0.15, -0.1) is 0 Å². The van der Waals surface area contributed by atoms with Gasteiger partial charge in [0.1, 0.15) is 5.82 Å². The topological polar surface area (TPSA) is 72.2 Å². The maximum atomic E-state index is 13.2. The first-order valence-electron chi connectivity index (χ1n) is 10.2. The Morgan fingerprint density at radius 2 is 1.81 bits per heavy atom. The van der Waals surface area contributed by atoms with E-state index in [1.54, 1.807) is 12.1 Å². The van der Waals surface area contributed by atoms with Crippen molar-refractivity contribution in [1.29, 1.82) is 0 Å². The first kappa shape index (κ1) is 20.5. The number of Topliss-reactive ketones (excluding diaryl/α,β-unsaturated/α-hetero) is 1. The van der Waals surface area contributed by atoms with Crippen LogP contribution in [-0.2, 0) is 11.2 Å². The van der Waals surface area contributed by atoms with Crippen molar-refractivity contribution in [2.24, 2.45) is 5.92 Å². The van der Waals surface area contributed by atoms with E-state index in [-0.39, 0.29) is 23.3 Å². The predicted molar refractivity (Wildman–Crippen MR) is 121 cm³/mol. The van der Waals surface area contributed by atoms with E-state index in [0.29, 0.717) is 17.7 Å². The standard InChI is InChI=1S/C26H23FN2O2/c27-22-12-13-24(23(28)16-22)29-26(31)19-8-6-18(7-9-19)15-21-11-10-20(25(21)30)14-17-4-2-1-3-5-17/h1-9,12-14,16,21H,10-11,15,28H2,(H,29,31)/b20-14+. The fourth-order valence-corrected chi connectivity index (χ4v) is 3.85. The highest BCUT2D eigenvalue weighted by atomic mass is 19.1. The van der Waals surface area contributed by atoms with Crippen molar-refractivity contribution in [3.63, 3.8) is 0 Å². The fourth-order valence-electron chi connectivity index (χ4n) is 3.85. The number of nitrogens with two attached hydrogens (primary N) is 1. The molecular weight excluding hydrogens is 391 g/mol. The molecule has 5 heteroatoms. The minimum atomic E-state index is -0.455. The SMILES string of the molecule is Nc1cc(F)ccc1NC(=O)c1ccc(CC2CC/C(=C\c3ccccc3)C2=O)cc1. The van der Waals surface area contributed by atoms with Crippen LogP contribution in [0.3, 0.4) is 0 Å². The molecule has 3 N–H and O–H groups in total. The second kappa shape index (κ2) is 8.96. The Kier molecular flexibility index (Phi) is 5.94. The number of hydrogen-bond donors (Lipinski definition) is 2. The maximum absolute atomic E-state index is 13.2. The molecule has 0 bridgehead atoms. The van der Waals surface area contributed by atoms with Crippen LogP contribution in [0.2, 0.25) is 0 Å². The van der Waals surface area contributed by atoms with Gasteiger partial charge in [0, 0.05) is 11.5 Å². The largest absolute Gasteiger partial charge is 0.397 e. The molecule has 3 aromatic rings. The highest BCUT2D eigenvalue weighted by Gasteiger charge is 2.29. The molecule has 4 rings (SSSR count). The molecule has 0 aromatic heterocycles. The Balaban J connectivity index is 1.39. The van der Waals surface area contributed by atoms with Crippen molar-refractivity contribution in [3.8, 4) is 0 Å². The monoisotopic (exact) mass is 414 g/mol. The third-order valence-corrected chi connectivity index (χ3v) is 5.55. The minimum absolute atomic E-state index is 0.0337. The third-order valence-electron chi connectivity index (χ3n) is 5.55. The predicted octanol–water partition coefficient (Wildman–Crippen LogP) is 5.27. The summed E-state index contributed by atoms with van der Waals surface area (Å²) in [5.74, 6) is -0.607. The summed E-state index contributed by atoms with van der Waals surface area (Å²) >= 11 is 0. The fraction of sp³-hybridized carbons (Fsp3) is 0.154. The quantitative estimate of drug-likeness (QED) is 0.442. The number of nitrogen functional groups attached to an aromatic ring is 1. The number of benzene rings is 3. The van der Waals surface area contributed by atoms with Crippen LogP contribution in [0.15, 0.2) is 78.4 Å². The number of carbonyl (C=O) groups is 2. The van der Waals surface area contributed by atoms with Gasteiger partial charge in [0.2, 0.25) is 0 Å². The number of hydrogen-bond acceptors (Lipinski definition) is 3. The number of ketones is 1. The lowest BCUT2D eigenvalue weighted by Gasteiger charge is -2.10. The molecule has 4 nitrogen and oxygen atoms in total. The molecule has 0 heterocycles. The molecular formula is C26H23FN2O2. The first-order chi connectivity index (χ1) is 15.0. The van der Waals surface area contributed by atoms with Crippen LogP contribution in [0.25, 0.3) is 6.08 Å². The Morgan fingerprint density at radius 3 is 2.52 bits per heavy atom. The summed E-state index contributed by atoms with van der Waals surface area (Å²) in [6, 6.07) is 20.9. The highest BCUT2D eigenvalue weighted by molar-refractivity contribution is 6.06. The number of amides is 1. The van der Waals surface area contributed by atoms with E-state index in [9.17, 15) is 14.0 Å². The van der Waals surface area contributed by atoms with E-state index in [0.717, 1.165) is 35.6 Å². The smallest absolute Gasteiger partial charge is 0.255 e. The molecule has 1 saturated carbocycles. The summed E-state index contributed by atoms with van der Waals surface area (Å²) in [6.45, 7) is 0. The van der Waals surface area contributed by atoms with Gasteiger partial charge in [-0.2, -0.15) is 0 Å². The average Bonchev–Trinajstić information content (AvgIpc) is 3.10. The minimum Gasteiger partial charge on any atom is -0.397 e. The summed E-state index contributed by atoms with van der Waals surface area (Å²) in [5, 5.41) is 2.69. The zero-order chi connectivity index (χ0) is 21.8. The highest BCUT2D eigenvalue weighted by Crippen LogP contribution is 2.31. The Hall–Kier alpha value is -3.73. The van der Waals surface area contributed by atoms with E-state index in [1.165, 1.54) is 12.1 Å². The molecule has 1 amide bonds. The number of nitrogens with one attached hydrogen (secondary N) is 1. The zero-order valence-corrected chi connectivity index (χ0v) is 17.0. The van der Waals surface area contributed by atoms with Crippen molar-refractivity contribution < 1.29 is 14.0 Å². The second-order valence-electron chi connectivity index (χ2n) is 7.77. The van der Waals surface area contributed by atoms with Crippen LogP contribution in [-0.4, -0.2) is 11.7 Å². The van der Waals surface area contributed by atoms with Crippen LogP contribution < -0.4 is 11.1 Å². The molecule has 1 aliphatic rings. The zero-order valence-electron chi connectivity index (χ0n) is 17.0. The second-order valence-corrected chi connectivity index (χ2v) is 7.77. The van der Waals surface area contributed by atoms with Crippen LogP contribution in [0.4, 0.5) is 15.8 Å². The summed E-state index contributed by atoms with van der Waals surface area (Å²) in [5.41, 5.74) is 9.68. The maximum Gasteiger partial charge on any atom is 0.255 e. The number of rotatable bonds is 5. The van der Waals surface area contributed by atoms with Crippen molar-refractivity contribution in [3.05, 3.63) is 101 Å². The molecule has 0 saturated heterocycles. The number of anilines is 2. The average molecular weight is 414 g/mol. The van der Waals surface area contributed by atoms with E-state index in [1.807, 2.05) is 48.5 Å². The summed E-state index contributed by atoms with van der Waals surface area (Å²) in [7, 11) is 0. The normalized spacial score (nSPS) is 17.1. The molecule has 0 radical (unpaired) electrons. The molecule has 1 fully saturated rings. The Bertz CT molecular complexity index is 1140. The molecule has 156 valence electrons. The van der Waals surface area contributed by atoms with Gasteiger partial charge in [-0.3, -0.25) is 9.59 Å². The molecule has 1 unspecified atom stereocenters. The summed E-state index contributed by atoms with van der Waals surface area (Å²) in [6.07, 6.45) is 4.26. The van der Waals surface area contributed by atoms with Crippen LogP contribution in [0, 0.1) is 11.7 Å². The molecule has 0 spiro atoms. The van der Waals surface area contributed by atoms with Gasteiger partial charge in [0.15, 0.2) is 5.78 Å². The van der Waals surface area contributed by atoms with Gasteiger partial charge >= 0.3 is 0 Å². The Labute approximate surface area is 180 Å². The molecule has 31 heavy (non-hydrogen) atoms. The van der Waals surface area contributed by atoms with Gasteiger partial charge in [-0.05, 0) is 72.4 Å². The number of halogens is 1. The number of carbonyl (C=O) groups excluding carboxylic acids is 2. The van der Waals surface area contributed by atoms with Crippen molar-refractivity contribution in [2.75, 3.05) is 11.1 Å². The lowest BCUT2D eigenvalue weighted by Crippen LogP contribution is -2.14. The van der Waals surface area contributed by atoms with Crippen molar-refractivity contribution in [2.45, 2.75) is 19.3 Å². The third kappa shape index (κ3) is 4.89. The lowest BCUT2D eigenvalue weighted by atomic mass is 9.95. The molecule has 3 aromatic carbocycles. The van der Waals surface area contributed by atoms with Gasteiger partial charge in [-0.25, -0.2) is 4.39 Å². The number of allylic oxidation sites excluding steroid dienone is 1. The lowest BCUT2D eigenvalue weighted by molar-refractivity contribution is -0.117. The van der Waals surface area contributed by atoms with Gasteiger partial charge < -0.3 is 11.1 Å². The summed E-state index contributed by atoms with van der Waals surface area (Å²) in [4.78, 5) is 25.2. The van der Waals surface area contributed by atoms with Gasteiger partial charge in [0.25, 0.3) is 5.91 Å². The molecule has 1 aliphatic carbocycles. The Morgan fingerprint density at radius 1 is 1.06 bits per heavy atom. The first-order valence-corrected chi connectivity index (χ1v) is 10.2.